The number of aliphatic hydroxyl groups is 1. The molecule has 1 aliphatic carbocycles. The number of benzene rings is 1. The number of hydrogen-bond donors (Lipinski definition) is 1. The highest BCUT2D eigenvalue weighted by atomic mass is 16.3. The van der Waals surface area contributed by atoms with Gasteiger partial charge in [-0.1, -0.05) is 43.9 Å². The van der Waals surface area contributed by atoms with Crippen molar-refractivity contribution in [3.63, 3.8) is 0 Å². The summed E-state index contributed by atoms with van der Waals surface area (Å²) in [4.78, 5) is 10.7. The third-order valence-corrected chi connectivity index (χ3v) is 3.73. The monoisotopic (exact) mass is 232 g/mol. The van der Waals surface area contributed by atoms with E-state index in [2.05, 4.69) is 0 Å². The van der Waals surface area contributed by atoms with Crippen LogP contribution in [0.5, 0.6) is 0 Å². The Hall–Kier alpha value is -1.15. The average Bonchev–Trinajstić information content (AvgIpc) is 2.67. The fraction of sp³-hybridized carbons (Fsp3) is 0.533. The molecule has 1 atom stereocenters. The van der Waals surface area contributed by atoms with E-state index in [1.54, 1.807) is 6.07 Å². The van der Waals surface area contributed by atoms with Crippen LogP contribution in [0.15, 0.2) is 24.3 Å². The molecule has 17 heavy (non-hydrogen) atoms. The largest absolute Gasteiger partial charge is 0.388 e. The van der Waals surface area contributed by atoms with Crippen LogP contribution >= 0.6 is 0 Å². The Morgan fingerprint density at radius 2 is 1.88 bits per heavy atom. The molecular weight excluding hydrogens is 212 g/mol. The first-order valence-electron chi connectivity index (χ1n) is 6.54. The highest BCUT2D eigenvalue weighted by Crippen LogP contribution is 2.33. The van der Waals surface area contributed by atoms with Crippen LogP contribution < -0.4 is 0 Å². The number of rotatable bonds is 3. The first kappa shape index (κ1) is 12.3. The van der Waals surface area contributed by atoms with Gasteiger partial charge in [0.1, 0.15) is 6.29 Å². The normalized spacial score (nSPS) is 19.6. The van der Waals surface area contributed by atoms with Crippen molar-refractivity contribution in [2.24, 2.45) is 5.92 Å². The standard InChI is InChI=1S/C15H20O2/c16-11-12-6-5-9-14(10-12)15(17)13-7-3-1-2-4-8-13/h5-6,9-11,13,15,17H,1-4,7-8H2. The van der Waals surface area contributed by atoms with Crippen LogP contribution in [0.3, 0.4) is 0 Å². The van der Waals surface area contributed by atoms with E-state index < -0.39 is 6.10 Å². The molecule has 0 radical (unpaired) electrons. The van der Waals surface area contributed by atoms with Crippen LogP contribution in [0.4, 0.5) is 0 Å². The Morgan fingerprint density at radius 1 is 1.18 bits per heavy atom. The van der Waals surface area contributed by atoms with Gasteiger partial charge in [0.15, 0.2) is 0 Å². The second-order valence-electron chi connectivity index (χ2n) is 4.98. The van der Waals surface area contributed by atoms with Gasteiger partial charge in [0.2, 0.25) is 0 Å². The molecule has 1 fully saturated rings. The average molecular weight is 232 g/mol. The molecule has 2 nitrogen and oxygen atoms in total. The molecule has 1 unspecified atom stereocenters. The summed E-state index contributed by atoms with van der Waals surface area (Å²) in [6.45, 7) is 0. The molecule has 1 aromatic rings. The molecule has 0 amide bonds. The van der Waals surface area contributed by atoms with Gasteiger partial charge < -0.3 is 5.11 Å². The summed E-state index contributed by atoms with van der Waals surface area (Å²) in [5, 5.41) is 10.4. The summed E-state index contributed by atoms with van der Waals surface area (Å²) in [6.07, 6.45) is 7.65. The summed E-state index contributed by atoms with van der Waals surface area (Å²) >= 11 is 0. The van der Waals surface area contributed by atoms with Gasteiger partial charge in [-0.2, -0.15) is 0 Å². The Labute approximate surface area is 103 Å². The van der Waals surface area contributed by atoms with Crippen LogP contribution in [0, 0.1) is 5.92 Å². The van der Waals surface area contributed by atoms with Crippen LogP contribution in [-0.4, -0.2) is 11.4 Å². The van der Waals surface area contributed by atoms with E-state index in [-0.39, 0.29) is 0 Å². The fourth-order valence-electron chi connectivity index (χ4n) is 2.72. The zero-order valence-corrected chi connectivity index (χ0v) is 10.1. The second-order valence-corrected chi connectivity index (χ2v) is 4.98. The van der Waals surface area contributed by atoms with Gasteiger partial charge in [-0.05, 0) is 30.4 Å². The van der Waals surface area contributed by atoms with Gasteiger partial charge in [0.25, 0.3) is 0 Å². The Balaban J connectivity index is 2.11. The predicted molar refractivity (Wildman–Crippen MR) is 68.0 cm³/mol. The van der Waals surface area contributed by atoms with E-state index in [4.69, 9.17) is 0 Å². The van der Waals surface area contributed by atoms with E-state index in [9.17, 15) is 9.90 Å². The van der Waals surface area contributed by atoms with Gasteiger partial charge in [-0.25, -0.2) is 0 Å². The minimum atomic E-state index is -0.409. The lowest BCUT2D eigenvalue weighted by atomic mass is 9.89. The fourth-order valence-corrected chi connectivity index (χ4v) is 2.72. The zero-order chi connectivity index (χ0) is 12.1. The molecule has 0 aliphatic heterocycles. The molecule has 1 aromatic carbocycles. The number of carbonyl (C=O) groups excluding carboxylic acids is 1. The molecule has 1 N–H and O–H groups in total. The summed E-state index contributed by atoms with van der Waals surface area (Å²) < 4.78 is 0. The van der Waals surface area contributed by atoms with Crippen molar-refractivity contribution in [1.29, 1.82) is 0 Å². The van der Waals surface area contributed by atoms with Gasteiger partial charge in [0.05, 0.1) is 6.10 Å². The molecular formula is C15H20O2. The maximum Gasteiger partial charge on any atom is 0.150 e. The van der Waals surface area contributed by atoms with E-state index in [0.717, 1.165) is 24.7 Å². The topological polar surface area (TPSA) is 37.3 Å². The van der Waals surface area contributed by atoms with Crippen LogP contribution in [0.1, 0.15) is 60.6 Å². The van der Waals surface area contributed by atoms with E-state index in [0.29, 0.717) is 11.5 Å². The van der Waals surface area contributed by atoms with Crippen molar-refractivity contribution in [2.45, 2.75) is 44.6 Å². The summed E-state index contributed by atoms with van der Waals surface area (Å²) in [5.74, 6) is 0.361. The molecule has 0 bridgehead atoms. The maximum atomic E-state index is 10.7. The Bertz CT molecular complexity index is 365. The summed E-state index contributed by atoms with van der Waals surface area (Å²) in [6, 6.07) is 7.35. The number of hydrogen-bond acceptors (Lipinski definition) is 2. The molecule has 1 aliphatic rings. The molecule has 1 saturated carbocycles. The smallest absolute Gasteiger partial charge is 0.150 e. The molecule has 92 valence electrons. The highest BCUT2D eigenvalue weighted by Gasteiger charge is 2.22. The third kappa shape index (κ3) is 3.16. The molecule has 2 rings (SSSR count). The predicted octanol–water partition coefficient (Wildman–Crippen LogP) is 3.50. The van der Waals surface area contributed by atoms with Gasteiger partial charge >= 0.3 is 0 Å². The number of aldehydes is 1. The molecule has 0 saturated heterocycles. The van der Waals surface area contributed by atoms with E-state index >= 15 is 0 Å². The van der Waals surface area contributed by atoms with Gasteiger partial charge in [0, 0.05) is 5.56 Å². The minimum absolute atomic E-state index is 0.361. The van der Waals surface area contributed by atoms with Gasteiger partial charge in [-0.15, -0.1) is 0 Å². The minimum Gasteiger partial charge on any atom is -0.388 e. The van der Waals surface area contributed by atoms with Crippen molar-refractivity contribution in [1.82, 2.24) is 0 Å². The molecule has 0 aromatic heterocycles. The van der Waals surface area contributed by atoms with Crippen molar-refractivity contribution >= 4 is 6.29 Å². The third-order valence-electron chi connectivity index (χ3n) is 3.73. The Morgan fingerprint density at radius 3 is 2.53 bits per heavy atom. The lowest BCUT2D eigenvalue weighted by Crippen LogP contribution is -2.12. The summed E-state index contributed by atoms with van der Waals surface area (Å²) in [7, 11) is 0. The first-order valence-corrected chi connectivity index (χ1v) is 6.54. The second kappa shape index (κ2) is 5.97. The number of carbonyl (C=O) groups is 1. The Kier molecular flexibility index (Phi) is 4.32. The first-order chi connectivity index (χ1) is 8.31. The van der Waals surface area contributed by atoms with Crippen LogP contribution in [0.2, 0.25) is 0 Å². The molecule has 0 heterocycles. The zero-order valence-electron chi connectivity index (χ0n) is 10.1. The quantitative estimate of drug-likeness (QED) is 0.639. The van der Waals surface area contributed by atoms with Crippen LogP contribution in [-0.2, 0) is 0 Å². The summed E-state index contributed by atoms with van der Waals surface area (Å²) in [5.41, 5.74) is 1.54. The van der Waals surface area contributed by atoms with E-state index in [1.165, 1.54) is 25.7 Å². The SMILES string of the molecule is O=Cc1cccc(C(O)C2CCCCCC2)c1. The molecule has 2 heteroatoms. The van der Waals surface area contributed by atoms with E-state index in [1.807, 2.05) is 18.2 Å². The molecule has 0 spiro atoms. The van der Waals surface area contributed by atoms with Crippen molar-refractivity contribution in [2.75, 3.05) is 0 Å². The van der Waals surface area contributed by atoms with Crippen molar-refractivity contribution < 1.29 is 9.90 Å². The van der Waals surface area contributed by atoms with Crippen molar-refractivity contribution in [3.8, 4) is 0 Å². The maximum absolute atomic E-state index is 10.7. The lowest BCUT2D eigenvalue weighted by molar-refractivity contribution is 0.0986. The van der Waals surface area contributed by atoms with Gasteiger partial charge in [-0.3, -0.25) is 4.79 Å². The van der Waals surface area contributed by atoms with Crippen LogP contribution in [0.25, 0.3) is 0 Å². The number of aliphatic hydroxyl groups excluding tert-OH is 1. The lowest BCUT2D eigenvalue weighted by Gasteiger charge is -2.21. The highest BCUT2D eigenvalue weighted by molar-refractivity contribution is 5.74. The van der Waals surface area contributed by atoms with Crippen molar-refractivity contribution in [3.05, 3.63) is 35.4 Å².